The highest BCUT2D eigenvalue weighted by Gasteiger charge is 2.21. The van der Waals surface area contributed by atoms with Gasteiger partial charge in [0.2, 0.25) is 0 Å². The Bertz CT molecular complexity index is 615. The Hall–Kier alpha value is -0.910. The molecule has 0 aliphatic rings. The maximum Gasteiger partial charge on any atom is 0.142 e. The molecule has 1 unspecified atom stereocenters. The van der Waals surface area contributed by atoms with Gasteiger partial charge < -0.3 is 5.32 Å². The van der Waals surface area contributed by atoms with Crippen molar-refractivity contribution in [2.24, 2.45) is 0 Å². The van der Waals surface area contributed by atoms with Gasteiger partial charge in [-0.2, -0.15) is 5.10 Å². The summed E-state index contributed by atoms with van der Waals surface area (Å²) >= 11 is 9.32. The number of halogens is 3. The van der Waals surface area contributed by atoms with Crippen molar-refractivity contribution in [1.29, 1.82) is 0 Å². The first kappa shape index (κ1) is 16.5. The van der Waals surface area contributed by atoms with E-state index in [9.17, 15) is 4.39 Å². The van der Waals surface area contributed by atoms with E-state index in [1.54, 1.807) is 12.3 Å². The summed E-state index contributed by atoms with van der Waals surface area (Å²) in [6.45, 7) is 5.70. The van der Waals surface area contributed by atoms with Crippen LogP contribution in [0.15, 0.2) is 28.9 Å². The molecule has 0 aliphatic heterocycles. The molecule has 0 aliphatic carbocycles. The van der Waals surface area contributed by atoms with E-state index in [1.807, 2.05) is 17.7 Å². The van der Waals surface area contributed by atoms with Crippen LogP contribution in [-0.2, 0) is 6.54 Å². The molecule has 0 saturated heterocycles. The second kappa shape index (κ2) is 7.38. The van der Waals surface area contributed by atoms with E-state index >= 15 is 0 Å². The first-order valence-electron chi connectivity index (χ1n) is 6.98. The molecule has 0 fully saturated rings. The zero-order chi connectivity index (χ0) is 15.4. The highest BCUT2D eigenvalue weighted by molar-refractivity contribution is 9.10. The smallest absolute Gasteiger partial charge is 0.142 e. The summed E-state index contributed by atoms with van der Waals surface area (Å²) in [5.74, 6) is -0.408. The molecule has 1 heterocycles. The van der Waals surface area contributed by atoms with E-state index in [2.05, 4.69) is 33.3 Å². The number of nitrogens with zero attached hydrogens (tertiary/aromatic N) is 2. The Balaban J connectivity index is 2.47. The normalized spacial score (nSPS) is 12.6. The zero-order valence-electron chi connectivity index (χ0n) is 12.0. The maximum absolute atomic E-state index is 13.8. The fraction of sp³-hybridized carbons (Fsp3) is 0.400. The lowest BCUT2D eigenvalue weighted by molar-refractivity contribution is 0.516. The van der Waals surface area contributed by atoms with Crippen LogP contribution in [0, 0.1) is 5.82 Å². The average molecular weight is 375 g/mol. The lowest BCUT2D eigenvalue weighted by Crippen LogP contribution is -2.25. The van der Waals surface area contributed by atoms with Crippen molar-refractivity contribution in [3.05, 3.63) is 51.0 Å². The van der Waals surface area contributed by atoms with Crippen molar-refractivity contribution in [2.75, 3.05) is 6.54 Å². The number of aromatic nitrogens is 2. The lowest BCUT2D eigenvalue weighted by Gasteiger charge is -2.21. The molecule has 1 aromatic carbocycles. The van der Waals surface area contributed by atoms with Gasteiger partial charge in [0.1, 0.15) is 5.82 Å². The summed E-state index contributed by atoms with van der Waals surface area (Å²) in [7, 11) is 0. The number of aryl methyl sites for hydroxylation is 1. The van der Waals surface area contributed by atoms with Gasteiger partial charge in [0, 0.05) is 6.54 Å². The van der Waals surface area contributed by atoms with Crippen molar-refractivity contribution in [3.8, 4) is 0 Å². The van der Waals surface area contributed by atoms with Gasteiger partial charge in [0.15, 0.2) is 0 Å². The number of rotatable bonds is 6. The Morgan fingerprint density at radius 3 is 2.81 bits per heavy atom. The standard InChI is InChI=1S/C15H18BrClFN3/c1-3-7-21-15(11(16)9-20-21)14(19-4-2)10-5-6-12(17)13(18)8-10/h5-6,8-9,14,19H,3-4,7H2,1-2H3. The van der Waals surface area contributed by atoms with Crippen molar-refractivity contribution in [3.63, 3.8) is 0 Å². The van der Waals surface area contributed by atoms with Gasteiger partial charge in [-0.1, -0.05) is 31.5 Å². The van der Waals surface area contributed by atoms with Gasteiger partial charge in [-0.05, 0) is 46.6 Å². The van der Waals surface area contributed by atoms with Gasteiger partial charge >= 0.3 is 0 Å². The molecule has 0 spiro atoms. The van der Waals surface area contributed by atoms with Crippen LogP contribution in [-0.4, -0.2) is 16.3 Å². The topological polar surface area (TPSA) is 29.9 Å². The summed E-state index contributed by atoms with van der Waals surface area (Å²) in [5, 5.41) is 7.91. The molecular formula is C15H18BrClFN3. The molecule has 0 amide bonds. The fourth-order valence-corrected chi connectivity index (χ4v) is 2.96. The SMILES string of the molecule is CCCn1ncc(Br)c1C(NCC)c1ccc(Cl)c(F)c1. The van der Waals surface area contributed by atoms with Crippen LogP contribution in [0.3, 0.4) is 0 Å². The minimum Gasteiger partial charge on any atom is -0.305 e. The van der Waals surface area contributed by atoms with Crippen LogP contribution in [0.4, 0.5) is 4.39 Å². The number of nitrogens with one attached hydrogen (secondary N) is 1. The van der Waals surface area contributed by atoms with Crippen molar-refractivity contribution in [1.82, 2.24) is 15.1 Å². The molecule has 1 N–H and O–H groups in total. The van der Waals surface area contributed by atoms with E-state index < -0.39 is 5.82 Å². The number of hydrogen-bond acceptors (Lipinski definition) is 2. The molecule has 6 heteroatoms. The summed E-state index contributed by atoms with van der Waals surface area (Å²) in [6, 6.07) is 4.77. The molecule has 21 heavy (non-hydrogen) atoms. The van der Waals surface area contributed by atoms with Crippen molar-refractivity contribution >= 4 is 27.5 Å². The molecule has 3 nitrogen and oxygen atoms in total. The molecule has 0 bridgehead atoms. The summed E-state index contributed by atoms with van der Waals surface area (Å²) in [6.07, 6.45) is 2.76. The largest absolute Gasteiger partial charge is 0.305 e. The maximum atomic E-state index is 13.8. The van der Waals surface area contributed by atoms with E-state index in [4.69, 9.17) is 11.6 Å². The Morgan fingerprint density at radius 2 is 2.19 bits per heavy atom. The number of benzene rings is 1. The molecule has 0 radical (unpaired) electrons. The zero-order valence-corrected chi connectivity index (χ0v) is 14.4. The van der Waals surface area contributed by atoms with Crippen molar-refractivity contribution in [2.45, 2.75) is 32.9 Å². The van der Waals surface area contributed by atoms with Gasteiger partial charge in [-0.3, -0.25) is 4.68 Å². The van der Waals surface area contributed by atoms with E-state index in [0.717, 1.165) is 35.2 Å². The molecule has 2 rings (SSSR count). The van der Waals surface area contributed by atoms with Gasteiger partial charge in [0.25, 0.3) is 0 Å². The van der Waals surface area contributed by atoms with Gasteiger partial charge in [0.05, 0.1) is 27.4 Å². The quantitative estimate of drug-likeness (QED) is 0.804. The molecular weight excluding hydrogens is 357 g/mol. The average Bonchev–Trinajstić information content (AvgIpc) is 2.81. The third-order valence-electron chi connectivity index (χ3n) is 3.23. The molecule has 1 atom stereocenters. The first-order chi connectivity index (χ1) is 10.1. The Labute approximate surface area is 137 Å². The molecule has 2 aromatic rings. The third-order valence-corrected chi connectivity index (χ3v) is 4.14. The Morgan fingerprint density at radius 1 is 1.43 bits per heavy atom. The van der Waals surface area contributed by atoms with Crippen LogP contribution in [0.5, 0.6) is 0 Å². The monoisotopic (exact) mass is 373 g/mol. The van der Waals surface area contributed by atoms with Crippen molar-refractivity contribution < 1.29 is 4.39 Å². The summed E-state index contributed by atoms with van der Waals surface area (Å²) in [4.78, 5) is 0. The second-order valence-corrected chi connectivity index (χ2v) is 6.03. The van der Waals surface area contributed by atoms with E-state index in [-0.39, 0.29) is 11.1 Å². The lowest BCUT2D eigenvalue weighted by atomic mass is 10.0. The van der Waals surface area contributed by atoms with Crippen LogP contribution < -0.4 is 5.32 Å². The number of hydrogen-bond donors (Lipinski definition) is 1. The molecule has 1 aromatic heterocycles. The third kappa shape index (κ3) is 3.65. The van der Waals surface area contributed by atoms with E-state index in [0.29, 0.717) is 0 Å². The van der Waals surface area contributed by atoms with Crippen LogP contribution in [0.25, 0.3) is 0 Å². The molecule has 0 saturated carbocycles. The Kier molecular flexibility index (Phi) is 5.79. The minimum atomic E-state index is -0.408. The predicted molar refractivity (Wildman–Crippen MR) is 87.1 cm³/mol. The van der Waals surface area contributed by atoms with Crippen LogP contribution in [0.1, 0.15) is 37.6 Å². The molecule has 114 valence electrons. The summed E-state index contributed by atoms with van der Waals surface area (Å²) < 4.78 is 16.6. The predicted octanol–water partition coefficient (Wildman–Crippen LogP) is 4.55. The minimum absolute atomic E-state index is 0.134. The highest BCUT2D eigenvalue weighted by atomic mass is 79.9. The second-order valence-electron chi connectivity index (χ2n) is 4.77. The van der Waals surface area contributed by atoms with E-state index in [1.165, 1.54) is 6.07 Å². The summed E-state index contributed by atoms with van der Waals surface area (Å²) in [5.41, 5.74) is 1.83. The fourth-order valence-electron chi connectivity index (χ4n) is 2.32. The van der Waals surface area contributed by atoms with Gasteiger partial charge in [-0.15, -0.1) is 0 Å². The van der Waals surface area contributed by atoms with Gasteiger partial charge in [-0.25, -0.2) is 4.39 Å². The highest BCUT2D eigenvalue weighted by Crippen LogP contribution is 2.30. The first-order valence-corrected chi connectivity index (χ1v) is 8.15. The van der Waals surface area contributed by atoms with Crippen LogP contribution >= 0.6 is 27.5 Å². The van der Waals surface area contributed by atoms with Crippen LogP contribution in [0.2, 0.25) is 5.02 Å².